The molecule has 2 aromatic heterocycles. The molecule has 0 saturated heterocycles. The van der Waals surface area contributed by atoms with Gasteiger partial charge in [0.2, 0.25) is 5.95 Å². The van der Waals surface area contributed by atoms with Crippen molar-refractivity contribution in [2.24, 2.45) is 0 Å². The van der Waals surface area contributed by atoms with Gasteiger partial charge in [-0.05, 0) is 71.4 Å². The maximum absolute atomic E-state index is 12.8. The van der Waals surface area contributed by atoms with Gasteiger partial charge in [-0.2, -0.15) is 4.98 Å². The SMILES string of the molecule is CCN(CC)CCCCNc1ncc2cc(-c3c(OC)cccc3OC)c(NC(=O)NC(C)(C)C)nc2n1. The van der Waals surface area contributed by atoms with Crippen LogP contribution in [0.15, 0.2) is 30.5 Å². The van der Waals surface area contributed by atoms with Crippen molar-refractivity contribution in [1.82, 2.24) is 25.2 Å². The third kappa shape index (κ3) is 7.67. The zero-order valence-corrected chi connectivity index (χ0v) is 23.6. The van der Waals surface area contributed by atoms with E-state index in [1.807, 2.05) is 45.0 Å². The minimum atomic E-state index is -0.423. The summed E-state index contributed by atoms with van der Waals surface area (Å²) in [5.74, 6) is 2.02. The number of rotatable bonds is 12. The van der Waals surface area contributed by atoms with Gasteiger partial charge in [0, 0.05) is 29.2 Å². The minimum Gasteiger partial charge on any atom is -0.496 e. The highest BCUT2D eigenvalue weighted by Gasteiger charge is 2.21. The average molecular weight is 524 g/mol. The second-order valence-corrected chi connectivity index (χ2v) is 10.0. The van der Waals surface area contributed by atoms with Crippen LogP contribution in [0.2, 0.25) is 0 Å². The molecule has 1 aromatic carbocycles. The number of urea groups is 1. The van der Waals surface area contributed by atoms with Crippen molar-refractivity contribution in [2.75, 3.05) is 51.0 Å². The molecule has 10 heteroatoms. The fourth-order valence-electron chi connectivity index (χ4n) is 4.13. The number of fused-ring (bicyclic) bond motifs is 1. The lowest BCUT2D eigenvalue weighted by Gasteiger charge is -2.22. The summed E-state index contributed by atoms with van der Waals surface area (Å²) in [6.07, 6.45) is 3.84. The third-order valence-electron chi connectivity index (χ3n) is 6.06. The van der Waals surface area contributed by atoms with Crippen molar-refractivity contribution in [3.05, 3.63) is 30.5 Å². The summed E-state index contributed by atoms with van der Waals surface area (Å²) >= 11 is 0. The van der Waals surface area contributed by atoms with Crippen molar-refractivity contribution in [1.29, 1.82) is 0 Å². The summed E-state index contributed by atoms with van der Waals surface area (Å²) in [6.45, 7) is 14.1. The van der Waals surface area contributed by atoms with Crippen LogP contribution in [0, 0.1) is 0 Å². The lowest BCUT2D eigenvalue weighted by molar-refractivity contribution is 0.243. The Labute approximate surface area is 225 Å². The van der Waals surface area contributed by atoms with E-state index in [1.165, 1.54) is 0 Å². The van der Waals surface area contributed by atoms with E-state index in [-0.39, 0.29) is 6.03 Å². The number of aromatic nitrogens is 3. The van der Waals surface area contributed by atoms with Gasteiger partial charge in [0.05, 0.1) is 19.8 Å². The van der Waals surface area contributed by atoms with Crippen LogP contribution >= 0.6 is 0 Å². The van der Waals surface area contributed by atoms with Gasteiger partial charge in [-0.15, -0.1) is 0 Å². The molecular formula is C28H41N7O3. The molecule has 0 aliphatic rings. The van der Waals surface area contributed by atoms with Gasteiger partial charge >= 0.3 is 6.03 Å². The summed E-state index contributed by atoms with van der Waals surface area (Å²) < 4.78 is 11.3. The molecule has 0 spiro atoms. The van der Waals surface area contributed by atoms with Crippen LogP contribution in [0.1, 0.15) is 47.5 Å². The van der Waals surface area contributed by atoms with Crippen LogP contribution in [0.5, 0.6) is 11.5 Å². The Morgan fingerprint density at radius 3 is 2.32 bits per heavy atom. The van der Waals surface area contributed by atoms with Crippen LogP contribution in [0.4, 0.5) is 16.6 Å². The number of pyridine rings is 1. The molecule has 0 aliphatic carbocycles. The molecule has 2 heterocycles. The first-order valence-corrected chi connectivity index (χ1v) is 13.1. The second-order valence-electron chi connectivity index (χ2n) is 10.0. The summed E-state index contributed by atoms with van der Waals surface area (Å²) in [5.41, 5.74) is 1.35. The number of nitrogens with one attached hydrogen (secondary N) is 3. The van der Waals surface area contributed by atoms with Gasteiger partial charge in [-0.3, -0.25) is 5.32 Å². The molecule has 0 unspecified atom stereocenters. The zero-order valence-electron chi connectivity index (χ0n) is 23.6. The highest BCUT2D eigenvalue weighted by molar-refractivity contribution is 5.98. The molecule has 10 nitrogen and oxygen atoms in total. The Hall–Kier alpha value is -3.66. The van der Waals surface area contributed by atoms with Crippen molar-refractivity contribution in [2.45, 2.75) is 53.0 Å². The standard InChI is InChI=1S/C28H41N7O3/c1-8-35(9-2)16-11-10-15-29-26-30-18-19-17-20(23-21(37-6)13-12-14-22(23)38-7)25(31-24(19)32-26)33-27(36)34-28(3,4)5/h12-14,17-18H,8-11,15-16H2,1-7H3,(H3,29,30,31,32,33,34,36). The number of anilines is 2. The van der Waals surface area contributed by atoms with Gasteiger partial charge in [0.25, 0.3) is 0 Å². The average Bonchev–Trinajstić information content (AvgIpc) is 2.88. The van der Waals surface area contributed by atoms with Gasteiger partial charge < -0.3 is 25.0 Å². The first kappa shape index (κ1) is 28.9. The maximum Gasteiger partial charge on any atom is 0.320 e. The first-order chi connectivity index (χ1) is 18.2. The predicted octanol–water partition coefficient (Wildman–Crippen LogP) is 5.16. The highest BCUT2D eigenvalue weighted by atomic mass is 16.5. The lowest BCUT2D eigenvalue weighted by atomic mass is 10.0. The predicted molar refractivity (Wildman–Crippen MR) is 153 cm³/mol. The molecule has 0 aliphatic heterocycles. The number of carbonyl (C=O) groups is 1. The molecule has 3 aromatic rings. The molecule has 38 heavy (non-hydrogen) atoms. The fourth-order valence-corrected chi connectivity index (χ4v) is 4.13. The molecule has 2 amide bonds. The highest BCUT2D eigenvalue weighted by Crippen LogP contribution is 2.42. The normalized spacial score (nSPS) is 11.5. The van der Waals surface area contributed by atoms with E-state index in [0.29, 0.717) is 40.0 Å². The summed E-state index contributed by atoms with van der Waals surface area (Å²) in [6, 6.07) is 7.04. The van der Waals surface area contributed by atoms with Crippen molar-refractivity contribution >= 4 is 28.8 Å². The Kier molecular flexibility index (Phi) is 10.1. The van der Waals surface area contributed by atoms with Gasteiger partial charge in [0.1, 0.15) is 17.3 Å². The number of nitrogens with zero attached hydrogens (tertiary/aromatic N) is 4. The molecule has 0 radical (unpaired) electrons. The van der Waals surface area contributed by atoms with Gasteiger partial charge in [-0.25, -0.2) is 14.8 Å². The van der Waals surface area contributed by atoms with E-state index >= 15 is 0 Å². The first-order valence-electron chi connectivity index (χ1n) is 13.1. The van der Waals surface area contributed by atoms with Crippen LogP contribution in [-0.4, -0.2) is 71.8 Å². The van der Waals surface area contributed by atoms with E-state index in [0.717, 1.165) is 44.4 Å². The van der Waals surface area contributed by atoms with Crippen molar-refractivity contribution in [3.8, 4) is 22.6 Å². The number of carbonyl (C=O) groups excluding carboxylic acids is 1. The van der Waals surface area contributed by atoms with E-state index in [1.54, 1.807) is 20.4 Å². The van der Waals surface area contributed by atoms with E-state index in [4.69, 9.17) is 14.5 Å². The van der Waals surface area contributed by atoms with E-state index in [9.17, 15) is 4.79 Å². The minimum absolute atomic E-state index is 0.339. The molecule has 0 atom stereocenters. The number of hydrogen-bond donors (Lipinski definition) is 3. The van der Waals surface area contributed by atoms with Crippen LogP contribution in [-0.2, 0) is 0 Å². The monoisotopic (exact) mass is 523 g/mol. The Bertz CT molecular complexity index is 1200. The van der Waals surface area contributed by atoms with Gasteiger partial charge in [-0.1, -0.05) is 19.9 Å². The number of benzene rings is 1. The molecule has 0 bridgehead atoms. The molecule has 0 saturated carbocycles. The Morgan fingerprint density at radius 1 is 1.03 bits per heavy atom. The number of methoxy groups -OCH3 is 2. The van der Waals surface area contributed by atoms with Crippen LogP contribution < -0.4 is 25.4 Å². The van der Waals surface area contributed by atoms with E-state index < -0.39 is 5.54 Å². The second kappa shape index (κ2) is 13.2. The topological polar surface area (TPSA) is 114 Å². The molecule has 206 valence electrons. The molecular weight excluding hydrogens is 482 g/mol. The number of hydrogen-bond acceptors (Lipinski definition) is 8. The molecule has 3 N–H and O–H groups in total. The largest absolute Gasteiger partial charge is 0.496 e. The number of unbranched alkanes of at least 4 members (excludes halogenated alkanes) is 1. The quantitative estimate of drug-likeness (QED) is 0.279. The van der Waals surface area contributed by atoms with Gasteiger partial charge in [0.15, 0.2) is 5.65 Å². The van der Waals surface area contributed by atoms with Crippen molar-refractivity contribution in [3.63, 3.8) is 0 Å². The lowest BCUT2D eigenvalue weighted by Crippen LogP contribution is -2.43. The fraction of sp³-hybridized carbons (Fsp3) is 0.500. The number of amides is 2. The molecule has 3 rings (SSSR count). The number of ether oxygens (including phenoxy) is 2. The zero-order chi connectivity index (χ0) is 27.7. The Morgan fingerprint density at radius 2 is 1.71 bits per heavy atom. The van der Waals surface area contributed by atoms with Crippen LogP contribution in [0.25, 0.3) is 22.2 Å². The Balaban J connectivity index is 1.94. The summed E-state index contributed by atoms with van der Waals surface area (Å²) in [4.78, 5) is 29.1. The maximum atomic E-state index is 12.8. The summed E-state index contributed by atoms with van der Waals surface area (Å²) in [7, 11) is 3.19. The van der Waals surface area contributed by atoms with Crippen LogP contribution in [0.3, 0.4) is 0 Å². The van der Waals surface area contributed by atoms with Crippen molar-refractivity contribution < 1.29 is 14.3 Å². The molecule has 0 fully saturated rings. The third-order valence-corrected chi connectivity index (χ3v) is 6.06. The van der Waals surface area contributed by atoms with E-state index in [2.05, 4.69) is 44.7 Å². The smallest absolute Gasteiger partial charge is 0.320 e. The summed E-state index contributed by atoms with van der Waals surface area (Å²) in [5, 5.41) is 9.85.